The highest BCUT2D eigenvalue weighted by Gasteiger charge is 2.22. The van der Waals surface area contributed by atoms with Crippen LogP contribution in [0, 0.1) is 0 Å². The topological polar surface area (TPSA) is 89.9 Å². The molecule has 0 aliphatic carbocycles. The Hall–Kier alpha value is -3.56. The van der Waals surface area contributed by atoms with Crippen molar-refractivity contribution in [1.82, 2.24) is 15.7 Å². The number of anilines is 1. The smallest absolute Gasteiger partial charge is 0.331 e. The van der Waals surface area contributed by atoms with Crippen molar-refractivity contribution in [1.29, 1.82) is 0 Å². The maximum atomic E-state index is 11.8. The molecule has 0 spiro atoms. The van der Waals surface area contributed by atoms with Crippen LogP contribution in [-0.4, -0.2) is 67.1 Å². The fourth-order valence-corrected chi connectivity index (χ4v) is 4.13. The molecule has 192 valence electrons. The number of fused-ring (bicyclic) bond motifs is 1. The third-order valence-corrected chi connectivity index (χ3v) is 6.15. The van der Waals surface area contributed by atoms with Crippen LogP contribution >= 0.6 is 0 Å². The van der Waals surface area contributed by atoms with Crippen LogP contribution < -0.4 is 15.2 Å². The lowest BCUT2D eigenvalue weighted by molar-refractivity contribution is -0.132. The first-order chi connectivity index (χ1) is 17.6. The number of nitrogens with zero attached hydrogens (tertiary/aromatic N) is 4. The Balaban J connectivity index is 1.47. The summed E-state index contributed by atoms with van der Waals surface area (Å²) >= 11 is 0. The number of hydrazine groups is 2. The number of carbonyl (C=O) groups is 1. The molecule has 0 unspecified atom stereocenters. The summed E-state index contributed by atoms with van der Waals surface area (Å²) in [6.07, 6.45) is 6.18. The molecule has 0 bridgehead atoms. The number of rotatable bonds is 12. The van der Waals surface area contributed by atoms with E-state index in [1.807, 2.05) is 36.2 Å². The van der Waals surface area contributed by atoms with Gasteiger partial charge >= 0.3 is 5.97 Å². The third-order valence-electron chi connectivity index (χ3n) is 6.15. The molecule has 9 heteroatoms. The molecule has 2 heterocycles. The van der Waals surface area contributed by atoms with E-state index in [2.05, 4.69) is 40.7 Å². The molecule has 0 fully saturated rings. The zero-order valence-electron chi connectivity index (χ0n) is 21.0. The van der Waals surface area contributed by atoms with E-state index in [1.54, 1.807) is 17.5 Å². The summed E-state index contributed by atoms with van der Waals surface area (Å²) in [6.45, 7) is 7.91. The van der Waals surface area contributed by atoms with Crippen molar-refractivity contribution in [2.24, 2.45) is 5.10 Å². The monoisotopic (exact) mass is 493 g/mol. The Bertz CT molecular complexity index is 1090. The van der Waals surface area contributed by atoms with Crippen LogP contribution in [0.25, 0.3) is 17.2 Å². The zero-order chi connectivity index (χ0) is 25.3. The van der Waals surface area contributed by atoms with E-state index in [1.165, 1.54) is 0 Å². The molecule has 0 aromatic heterocycles. The summed E-state index contributed by atoms with van der Waals surface area (Å²) in [5.74, 6) is -0.0841. The summed E-state index contributed by atoms with van der Waals surface area (Å²) in [4.78, 5) is 14.0. The van der Waals surface area contributed by atoms with Crippen LogP contribution in [-0.2, 0) is 9.53 Å². The molecule has 2 N–H and O–H groups in total. The maximum Gasteiger partial charge on any atom is 0.331 e. The van der Waals surface area contributed by atoms with Gasteiger partial charge in [0.2, 0.25) is 0 Å². The van der Waals surface area contributed by atoms with Gasteiger partial charge in [0.25, 0.3) is 0 Å². The molecule has 2 aliphatic rings. The summed E-state index contributed by atoms with van der Waals surface area (Å²) < 4.78 is 11.3. The molecule has 0 atom stereocenters. The van der Waals surface area contributed by atoms with Crippen LogP contribution in [0.1, 0.15) is 38.7 Å². The van der Waals surface area contributed by atoms with E-state index in [0.29, 0.717) is 38.4 Å². The molecule has 2 aromatic rings. The fourth-order valence-electron chi connectivity index (χ4n) is 4.13. The summed E-state index contributed by atoms with van der Waals surface area (Å²) in [5, 5.41) is 17.6. The lowest BCUT2D eigenvalue weighted by atomic mass is 10.0. The highest BCUT2D eigenvalue weighted by Crippen LogP contribution is 2.33. The van der Waals surface area contributed by atoms with Gasteiger partial charge in [0.15, 0.2) is 0 Å². The first-order valence-corrected chi connectivity index (χ1v) is 12.6. The van der Waals surface area contributed by atoms with Gasteiger partial charge in [-0.1, -0.05) is 31.5 Å². The Morgan fingerprint density at radius 2 is 1.89 bits per heavy atom. The molecule has 2 aliphatic heterocycles. The Labute approximate surface area is 212 Å². The Morgan fingerprint density at radius 3 is 2.61 bits per heavy atom. The number of hydrazone groups is 1. The van der Waals surface area contributed by atoms with E-state index in [9.17, 15) is 9.90 Å². The lowest BCUT2D eigenvalue weighted by Gasteiger charge is -2.30. The molecule has 2 aromatic carbocycles. The van der Waals surface area contributed by atoms with Crippen molar-refractivity contribution in [2.75, 3.05) is 44.5 Å². The van der Waals surface area contributed by atoms with E-state index in [-0.39, 0.29) is 0 Å². The molecule has 9 nitrogen and oxygen atoms in total. The van der Waals surface area contributed by atoms with Crippen LogP contribution in [0.15, 0.2) is 53.1 Å². The van der Waals surface area contributed by atoms with Crippen LogP contribution in [0.2, 0.25) is 0 Å². The molecule has 36 heavy (non-hydrogen) atoms. The van der Waals surface area contributed by atoms with Gasteiger partial charge in [0.05, 0.1) is 13.2 Å². The molecule has 0 saturated heterocycles. The molecule has 0 radical (unpaired) electrons. The average Bonchev–Trinajstić information content (AvgIpc) is 3.27. The molecule has 4 rings (SSSR count). The SMILES string of the molecule is CCCCOCCOc1ccc(-c2ccc3c(c2)C=C(C(=O)O)CCN3CN2C=NN(CC)N2)cc1. The number of unbranched alkanes of at least 4 members (excludes halogenated alkanes) is 1. The van der Waals surface area contributed by atoms with E-state index in [4.69, 9.17) is 9.47 Å². The molecular formula is C27H35N5O4. The van der Waals surface area contributed by atoms with E-state index < -0.39 is 5.97 Å². The van der Waals surface area contributed by atoms with Crippen molar-refractivity contribution in [3.05, 3.63) is 53.6 Å². The Morgan fingerprint density at radius 1 is 1.08 bits per heavy atom. The normalized spacial score (nSPS) is 15.1. The molecule has 0 saturated carbocycles. The predicted molar refractivity (Wildman–Crippen MR) is 141 cm³/mol. The quantitative estimate of drug-likeness (QED) is 0.426. The first kappa shape index (κ1) is 25.5. The number of nitrogens with one attached hydrogen (secondary N) is 1. The number of hydrogen-bond donors (Lipinski definition) is 2. The number of hydrogen-bond acceptors (Lipinski definition) is 8. The van der Waals surface area contributed by atoms with Gasteiger partial charge in [-0.25, -0.2) is 9.91 Å². The highest BCUT2D eigenvalue weighted by atomic mass is 16.5. The summed E-state index contributed by atoms with van der Waals surface area (Å²) in [7, 11) is 0. The number of aliphatic carboxylic acids is 1. The largest absolute Gasteiger partial charge is 0.491 e. The maximum absolute atomic E-state index is 11.8. The molecular weight excluding hydrogens is 458 g/mol. The zero-order valence-corrected chi connectivity index (χ0v) is 21.0. The highest BCUT2D eigenvalue weighted by molar-refractivity contribution is 5.94. The first-order valence-electron chi connectivity index (χ1n) is 12.6. The second kappa shape index (κ2) is 12.4. The standard InChI is InChI=1S/C27H35N5O4/c1-3-5-14-35-15-16-36-25-9-6-21(7-10-25)22-8-11-26-24(17-22)18-23(27(33)34)12-13-30(26)20-31-19-28-32(4-2)29-31/h6-11,17-19,29H,3-5,12-16,20H2,1-2H3,(H,33,34). The minimum Gasteiger partial charge on any atom is -0.491 e. The summed E-state index contributed by atoms with van der Waals surface area (Å²) in [6, 6.07) is 14.1. The third kappa shape index (κ3) is 6.56. The van der Waals surface area contributed by atoms with Crippen molar-refractivity contribution < 1.29 is 19.4 Å². The van der Waals surface area contributed by atoms with Gasteiger partial charge in [0, 0.05) is 24.4 Å². The van der Waals surface area contributed by atoms with Gasteiger partial charge < -0.3 is 19.5 Å². The average molecular weight is 494 g/mol. The molecule has 0 amide bonds. The fraction of sp³-hybridized carbons (Fsp3) is 0.407. The van der Waals surface area contributed by atoms with Gasteiger partial charge in [0.1, 0.15) is 25.4 Å². The van der Waals surface area contributed by atoms with Crippen molar-refractivity contribution >= 4 is 24.1 Å². The minimum absolute atomic E-state index is 0.402. The van der Waals surface area contributed by atoms with Crippen LogP contribution in [0.5, 0.6) is 5.75 Å². The number of carboxylic acids is 1. The van der Waals surface area contributed by atoms with E-state index in [0.717, 1.165) is 54.1 Å². The second-order valence-electron chi connectivity index (χ2n) is 8.76. The van der Waals surface area contributed by atoms with Gasteiger partial charge in [-0.05, 0) is 66.8 Å². The van der Waals surface area contributed by atoms with Crippen molar-refractivity contribution in [2.45, 2.75) is 33.1 Å². The second-order valence-corrected chi connectivity index (χ2v) is 8.76. The summed E-state index contributed by atoms with van der Waals surface area (Å²) in [5.41, 5.74) is 7.52. The van der Waals surface area contributed by atoms with Crippen LogP contribution in [0.3, 0.4) is 0 Å². The van der Waals surface area contributed by atoms with Gasteiger partial charge in [-0.15, -0.1) is 10.6 Å². The van der Waals surface area contributed by atoms with Crippen LogP contribution in [0.4, 0.5) is 5.69 Å². The van der Waals surface area contributed by atoms with E-state index >= 15 is 0 Å². The number of carboxylic acid groups (broad SMARTS) is 1. The number of benzene rings is 2. The minimum atomic E-state index is -0.883. The van der Waals surface area contributed by atoms with Crippen molar-refractivity contribution in [3.63, 3.8) is 0 Å². The predicted octanol–water partition coefficient (Wildman–Crippen LogP) is 4.19. The number of ether oxygens (including phenoxy) is 2. The Kier molecular flexibility index (Phi) is 8.80. The van der Waals surface area contributed by atoms with Gasteiger partial charge in [-0.3, -0.25) is 5.01 Å². The van der Waals surface area contributed by atoms with Gasteiger partial charge in [-0.2, -0.15) is 0 Å². The lowest BCUT2D eigenvalue weighted by Crippen LogP contribution is -2.46. The van der Waals surface area contributed by atoms with Crippen molar-refractivity contribution in [3.8, 4) is 16.9 Å².